The quantitative estimate of drug-likeness (QED) is 0.713. The number of rotatable bonds is 2. The van der Waals surface area contributed by atoms with Crippen molar-refractivity contribution >= 4 is 0 Å². The minimum Gasteiger partial charge on any atom is -0.312 e. The van der Waals surface area contributed by atoms with Crippen LogP contribution in [0.1, 0.15) is 61.8 Å². The fraction of sp³-hybridized carbons (Fsp3) is 0.857. The normalized spacial score (nSPS) is 22.8. The molecule has 1 N–H and O–H groups in total. The average molecular weight is 227 g/mol. The Labute approximate surface area is 101 Å². The molecule has 2 nitrogen and oxygen atoms in total. The molecule has 1 aliphatic rings. The highest BCUT2D eigenvalue weighted by atomic mass is 16.5. The summed E-state index contributed by atoms with van der Waals surface area (Å²) in [5.41, 5.74) is 0.904. The van der Waals surface area contributed by atoms with E-state index in [2.05, 4.69) is 33.8 Å². The van der Waals surface area contributed by atoms with Crippen LogP contribution in [0.25, 0.3) is 0 Å². The largest absolute Gasteiger partial charge is 0.312 e. The van der Waals surface area contributed by atoms with Gasteiger partial charge in [0.05, 0.1) is 11.1 Å². The van der Waals surface area contributed by atoms with Crippen LogP contribution in [-0.4, -0.2) is 21.3 Å². The first-order valence-electron chi connectivity index (χ1n) is 6.39. The molecule has 0 atom stereocenters. The van der Waals surface area contributed by atoms with Gasteiger partial charge in [-0.25, -0.2) is 0 Å². The summed E-state index contributed by atoms with van der Waals surface area (Å²) in [6.07, 6.45) is 3.26. The van der Waals surface area contributed by atoms with Crippen LogP contribution < -0.4 is 0 Å². The van der Waals surface area contributed by atoms with Gasteiger partial charge < -0.3 is 5.21 Å². The maximum atomic E-state index is 10.0. The molecule has 0 spiro atoms. The van der Waals surface area contributed by atoms with Crippen LogP contribution in [0.15, 0.2) is 11.6 Å². The van der Waals surface area contributed by atoms with E-state index in [9.17, 15) is 5.21 Å². The molecule has 0 aromatic rings. The van der Waals surface area contributed by atoms with Gasteiger partial charge in [0.1, 0.15) is 0 Å². The number of hydrogen-bond acceptors (Lipinski definition) is 2. The SMILES string of the molecule is CC.CC(C)CC1=CC(C)(C)N(O)C1(C)C. The Morgan fingerprint density at radius 3 is 1.88 bits per heavy atom. The van der Waals surface area contributed by atoms with Crippen molar-refractivity contribution < 1.29 is 5.21 Å². The molecule has 2 heteroatoms. The molecule has 0 unspecified atom stereocenters. The van der Waals surface area contributed by atoms with E-state index >= 15 is 0 Å². The average Bonchev–Trinajstić information content (AvgIpc) is 2.30. The summed E-state index contributed by atoms with van der Waals surface area (Å²) in [5, 5.41) is 11.5. The van der Waals surface area contributed by atoms with E-state index in [4.69, 9.17) is 0 Å². The standard InChI is InChI=1S/C12H23NO.C2H6/c1-9(2)7-10-8-11(3,4)13(14)12(10,5)6;1-2/h8-9,14H,7H2,1-6H3;1-2H3. The molecular formula is C14H29NO. The van der Waals surface area contributed by atoms with Crippen LogP contribution in [-0.2, 0) is 0 Å². The summed E-state index contributed by atoms with van der Waals surface area (Å²) in [6.45, 7) is 16.7. The minimum absolute atomic E-state index is 0.215. The molecule has 1 rings (SSSR count). The lowest BCUT2D eigenvalue weighted by molar-refractivity contribution is -0.185. The monoisotopic (exact) mass is 227 g/mol. The van der Waals surface area contributed by atoms with E-state index in [1.807, 2.05) is 27.7 Å². The Balaban J connectivity index is 0.00000106. The number of hydroxylamine groups is 2. The Morgan fingerprint density at radius 2 is 1.62 bits per heavy atom. The molecule has 0 aromatic heterocycles. The fourth-order valence-electron chi connectivity index (χ4n) is 2.27. The fourth-order valence-corrected chi connectivity index (χ4v) is 2.27. The second-order valence-electron chi connectivity index (χ2n) is 5.79. The van der Waals surface area contributed by atoms with E-state index in [1.54, 1.807) is 0 Å². The summed E-state index contributed by atoms with van der Waals surface area (Å²) < 4.78 is 0. The third kappa shape index (κ3) is 3.08. The van der Waals surface area contributed by atoms with Crippen molar-refractivity contribution in [1.82, 2.24) is 5.06 Å². The second kappa shape index (κ2) is 5.33. The van der Waals surface area contributed by atoms with Crippen molar-refractivity contribution in [2.24, 2.45) is 5.92 Å². The lowest BCUT2D eigenvalue weighted by Crippen LogP contribution is -2.47. The second-order valence-corrected chi connectivity index (χ2v) is 5.79. The molecule has 0 amide bonds. The van der Waals surface area contributed by atoms with Gasteiger partial charge in [-0.2, -0.15) is 5.06 Å². The summed E-state index contributed by atoms with van der Waals surface area (Å²) in [5.74, 6) is 0.642. The molecule has 0 bridgehead atoms. The molecule has 0 aromatic carbocycles. The summed E-state index contributed by atoms with van der Waals surface area (Å²) in [4.78, 5) is 0. The van der Waals surface area contributed by atoms with Gasteiger partial charge in [0, 0.05) is 0 Å². The molecule has 96 valence electrons. The van der Waals surface area contributed by atoms with E-state index in [-0.39, 0.29) is 11.1 Å². The maximum Gasteiger partial charge on any atom is 0.0623 e. The highest BCUT2D eigenvalue weighted by molar-refractivity contribution is 5.29. The van der Waals surface area contributed by atoms with Crippen molar-refractivity contribution in [3.63, 3.8) is 0 Å². The third-order valence-electron chi connectivity index (χ3n) is 3.02. The maximum absolute atomic E-state index is 10.0. The highest BCUT2D eigenvalue weighted by Crippen LogP contribution is 2.40. The molecule has 1 heterocycles. The molecular weight excluding hydrogens is 198 g/mol. The van der Waals surface area contributed by atoms with E-state index in [0.717, 1.165) is 6.42 Å². The zero-order chi connectivity index (χ0) is 13.1. The van der Waals surface area contributed by atoms with Gasteiger partial charge in [-0.3, -0.25) is 0 Å². The highest BCUT2D eigenvalue weighted by Gasteiger charge is 2.44. The van der Waals surface area contributed by atoms with Gasteiger partial charge in [-0.05, 0) is 40.0 Å². The molecule has 16 heavy (non-hydrogen) atoms. The first-order valence-corrected chi connectivity index (χ1v) is 6.39. The van der Waals surface area contributed by atoms with Crippen LogP contribution in [0.2, 0.25) is 0 Å². The predicted octanol–water partition coefficient (Wildman–Crippen LogP) is 4.25. The summed E-state index contributed by atoms with van der Waals surface area (Å²) in [6, 6.07) is 0. The Kier molecular flexibility index (Phi) is 5.21. The number of hydrogen-bond donors (Lipinski definition) is 1. The van der Waals surface area contributed by atoms with E-state index in [1.165, 1.54) is 10.6 Å². The van der Waals surface area contributed by atoms with Crippen molar-refractivity contribution in [3.8, 4) is 0 Å². The lowest BCUT2D eigenvalue weighted by atomic mass is 9.89. The molecule has 0 radical (unpaired) electrons. The van der Waals surface area contributed by atoms with Crippen molar-refractivity contribution in [1.29, 1.82) is 0 Å². The smallest absolute Gasteiger partial charge is 0.0623 e. The van der Waals surface area contributed by atoms with E-state index in [0.29, 0.717) is 5.92 Å². The first kappa shape index (κ1) is 15.7. The summed E-state index contributed by atoms with van der Waals surface area (Å²) in [7, 11) is 0. The van der Waals surface area contributed by atoms with Gasteiger partial charge >= 0.3 is 0 Å². The molecule has 0 fully saturated rings. The Morgan fingerprint density at radius 1 is 1.19 bits per heavy atom. The van der Waals surface area contributed by atoms with Crippen LogP contribution in [0, 0.1) is 5.92 Å². The zero-order valence-electron chi connectivity index (χ0n) is 12.3. The molecule has 0 saturated carbocycles. The van der Waals surface area contributed by atoms with Crippen LogP contribution >= 0.6 is 0 Å². The molecule has 0 saturated heterocycles. The summed E-state index contributed by atoms with van der Waals surface area (Å²) >= 11 is 0. The predicted molar refractivity (Wildman–Crippen MR) is 70.7 cm³/mol. The topological polar surface area (TPSA) is 23.5 Å². The van der Waals surface area contributed by atoms with Crippen LogP contribution in [0.5, 0.6) is 0 Å². The van der Waals surface area contributed by atoms with Gasteiger partial charge in [-0.1, -0.05) is 39.3 Å². The Bertz CT molecular complexity index is 251. The van der Waals surface area contributed by atoms with Gasteiger partial charge in [-0.15, -0.1) is 0 Å². The first-order chi connectivity index (χ1) is 7.18. The number of nitrogens with zero attached hydrogens (tertiary/aromatic N) is 1. The van der Waals surface area contributed by atoms with Crippen LogP contribution in [0.3, 0.4) is 0 Å². The van der Waals surface area contributed by atoms with Gasteiger partial charge in [0.2, 0.25) is 0 Å². The third-order valence-corrected chi connectivity index (χ3v) is 3.02. The van der Waals surface area contributed by atoms with Crippen LogP contribution in [0.4, 0.5) is 0 Å². The van der Waals surface area contributed by atoms with E-state index < -0.39 is 0 Å². The lowest BCUT2D eigenvalue weighted by Gasteiger charge is -2.36. The van der Waals surface area contributed by atoms with Gasteiger partial charge in [0.25, 0.3) is 0 Å². The molecule has 0 aliphatic carbocycles. The zero-order valence-corrected chi connectivity index (χ0v) is 12.3. The molecule has 1 aliphatic heterocycles. The van der Waals surface area contributed by atoms with Crippen molar-refractivity contribution in [2.75, 3.05) is 0 Å². The van der Waals surface area contributed by atoms with Gasteiger partial charge in [0.15, 0.2) is 0 Å². The van der Waals surface area contributed by atoms with Crippen molar-refractivity contribution in [3.05, 3.63) is 11.6 Å². The Hall–Kier alpha value is -0.340. The van der Waals surface area contributed by atoms with Crippen molar-refractivity contribution in [2.45, 2.75) is 72.9 Å². The minimum atomic E-state index is -0.228.